The van der Waals surface area contributed by atoms with Crippen LogP contribution in [0.3, 0.4) is 0 Å². The standard InChI is InChI=1S/C11H15Cl2NO/c1-14(6-7-15)5-4-9-2-3-10(12)8-11(9)13/h2-3,8,15H,4-7H2,1H3. The highest BCUT2D eigenvalue weighted by Crippen LogP contribution is 2.21. The Labute approximate surface area is 100 Å². The first kappa shape index (κ1) is 12.8. The number of rotatable bonds is 5. The molecule has 0 heterocycles. The van der Waals surface area contributed by atoms with Gasteiger partial charge in [-0.3, -0.25) is 0 Å². The summed E-state index contributed by atoms with van der Waals surface area (Å²) in [5.41, 5.74) is 1.09. The minimum absolute atomic E-state index is 0.185. The van der Waals surface area contributed by atoms with E-state index in [0.717, 1.165) is 18.5 Å². The largest absolute Gasteiger partial charge is 0.395 e. The molecule has 0 saturated heterocycles. The summed E-state index contributed by atoms with van der Waals surface area (Å²) in [4.78, 5) is 2.06. The summed E-state index contributed by atoms with van der Waals surface area (Å²) in [5, 5.41) is 10.1. The predicted molar refractivity (Wildman–Crippen MR) is 64.7 cm³/mol. The van der Waals surface area contributed by atoms with Crippen LogP contribution in [0, 0.1) is 0 Å². The Morgan fingerprint density at radius 1 is 1.27 bits per heavy atom. The van der Waals surface area contributed by atoms with E-state index in [1.807, 2.05) is 19.2 Å². The van der Waals surface area contributed by atoms with Gasteiger partial charge >= 0.3 is 0 Å². The fraction of sp³-hybridized carbons (Fsp3) is 0.455. The lowest BCUT2D eigenvalue weighted by molar-refractivity contribution is 0.223. The minimum atomic E-state index is 0.185. The molecule has 0 aromatic heterocycles. The van der Waals surface area contributed by atoms with Gasteiger partial charge in [0.25, 0.3) is 0 Å². The van der Waals surface area contributed by atoms with Crippen LogP contribution in [0.1, 0.15) is 5.56 Å². The molecule has 0 aliphatic rings. The second-order valence-corrected chi connectivity index (χ2v) is 4.36. The van der Waals surface area contributed by atoms with Crippen LogP contribution in [0.5, 0.6) is 0 Å². The van der Waals surface area contributed by atoms with Crippen molar-refractivity contribution in [2.45, 2.75) is 6.42 Å². The third-order valence-electron chi connectivity index (χ3n) is 2.26. The molecule has 0 saturated carbocycles. The lowest BCUT2D eigenvalue weighted by Gasteiger charge is -2.15. The first-order chi connectivity index (χ1) is 7.13. The van der Waals surface area contributed by atoms with Crippen molar-refractivity contribution in [3.05, 3.63) is 33.8 Å². The first-order valence-corrected chi connectivity index (χ1v) is 5.62. The summed E-state index contributed by atoms with van der Waals surface area (Å²) in [6.45, 7) is 1.75. The molecule has 4 heteroatoms. The van der Waals surface area contributed by atoms with E-state index in [1.54, 1.807) is 6.07 Å². The zero-order valence-electron chi connectivity index (χ0n) is 8.71. The summed E-state index contributed by atoms with van der Waals surface area (Å²) in [6.07, 6.45) is 0.868. The van der Waals surface area contributed by atoms with Gasteiger partial charge in [-0.25, -0.2) is 0 Å². The number of halogens is 2. The Hall–Kier alpha value is -0.280. The average molecular weight is 248 g/mol. The first-order valence-electron chi connectivity index (χ1n) is 4.87. The fourth-order valence-electron chi connectivity index (χ4n) is 1.32. The van der Waals surface area contributed by atoms with Gasteiger partial charge in [0.05, 0.1) is 6.61 Å². The van der Waals surface area contributed by atoms with Crippen molar-refractivity contribution in [3.63, 3.8) is 0 Å². The number of hydrogen-bond donors (Lipinski definition) is 1. The predicted octanol–water partition coefficient (Wildman–Crippen LogP) is 2.46. The van der Waals surface area contributed by atoms with E-state index in [4.69, 9.17) is 28.3 Å². The lowest BCUT2D eigenvalue weighted by atomic mass is 10.1. The van der Waals surface area contributed by atoms with Gasteiger partial charge in [-0.05, 0) is 31.2 Å². The van der Waals surface area contributed by atoms with Crippen LogP contribution in [0.25, 0.3) is 0 Å². The Morgan fingerprint density at radius 3 is 2.60 bits per heavy atom. The molecule has 0 fully saturated rings. The summed E-state index contributed by atoms with van der Waals surface area (Å²) in [6, 6.07) is 5.54. The van der Waals surface area contributed by atoms with Crippen LogP contribution in [0.2, 0.25) is 10.0 Å². The van der Waals surface area contributed by atoms with E-state index in [1.165, 1.54) is 0 Å². The normalized spacial score (nSPS) is 11.0. The highest BCUT2D eigenvalue weighted by Gasteiger charge is 2.03. The van der Waals surface area contributed by atoms with Gasteiger partial charge in [0.15, 0.2) is 0 Å². The van der Waals surface area contributed by atoms with E-state index >= 15 is 0 Å². The Bertz CT molecular complexity index is 317. The summed E-state index contributed by atoms with van der Waals surface area (Å²) in [5.74, 6) is 0. The molecular formula is C11H15Cl2NO. The molecule has 1 N–H and O–H groups in total. The summed E-state index contributed by atoms with van der Waals surface area (Å²) >= 11 is 11.8. The number of aliphatic hydroxyl groups is 1. The SMILES string of the molecule is CN(CCO)CCc1ccc(Cl)cc1Cl. The summed E-state index contributed by atoms with van der Waals surface area (Å²) in [7, 11) is 1.97. The Balaban J connectivity index is 2.50. The van der Waals surface area contributed by atoms with Gasteiger partial charge < -0.3 is 10.0 Å². The molecule has 84 valence electrons. The quantitative estimate of drug-likeness (QED) is 0.865. The van der Waals surface area contributed by atoms with Gasteiger partial charge in [0.2, 0.25) is 0 Å². The highest BCUT2D eigenvalue weighted by molar-refractivity contribution is 6.35. The molecule has 0 bridgehead atoms. The van der Waals surface area contributed by atoms with Crippen LogP contribution < -0.4 is 0 Å². The van der Waals surface area contributed by atoms with Gasteiger partial charge in [0, 0.05) is 23.1 Å². The maximum atomic E-state index is 8.74. The molecule has 0 atom stereocenters. The molecule has 15 heavy (non-hydrogen) atoms. The van der Waals surface area contributed by atoms with E-state index in [0.29, 0.717) is 16.6 Å². The smallest absolute Gasteiger partial charge is 0.0558 e. The number of aliphatic hydroxyl groups excluding tert-OH is 1. The highest BCUT2D eigenvalue weighted by atomic mass is 35.5. The van der Waals surface area contributed by atoms with Crippen molar-refractivity contribution in [1.82, 2.24) is 4.90 Å². The Morgan fingerprint density at radius 2 is 2.00 bits per heavy atom. The van der Waals surface area contributed by atoms with Crippen molar-refractivity contribution in [2.75, 3.05) is 26.7 Å². The summed E-state index contributed by atoms with van der Waals surface area (Å²) < 4.78 is 0. The van der Waals surface area contributed by atoms with Crippen molar-refractivity contribution in [2.24, 2.45) is 0 Å². The van der Waals surface area contributed by atoms with Crippen molar-refractivity contribution >= 4 is 23.2 Å². The van der Waals surface area contributed by atoms with E-state index in [2.05, 4.69) is 4.90 Å². The molecule has 0 spiro atoms. The molecule has 1 rings (SSSR count). The van der Waals surface area contributed by atoms with Crippen LogP contribution in [-0.4, -0.2) is 36.8 Å². The molecule has 0 radical (unpaired) electrons. The number of hydrogen-bond acceptors (Lipinski definition) is 2. The van der Waals surface area contributed by atoms with E-state index in [9.17, 15) is 0 Å². The second kappa shape index (κ2) is 6.33. The van der Waals surface area contributed by atoms with Crippen LogP contribution in [0.4, 0.5) is 0 Å². The molecule has 0 aliphatic heterocycles. The van der Waals surface area contributed by atoms with Crippen LogP contribution in [0.15, 0.2) is 18.2 Å². The second-order valence-electron chi connectivity index (χ2n) is 3.51. The van der Waals surface area contributed by atoms with Gasteiger partial charge in [-0.1, -0.05) is 29.3 Å². The minimum Gasteiger partial charge on any atom is -0.395 e. The maximum Gasteiger partial charge on any atom is 0.0558 e. The fourth-order valence-corrected chi connectivity index (χ4v) is 1.82. The molecule has 0 amide bonds. The van der Waals surface area contributed by atoms with Crippen molar-refractivity contribution in [3.8, 4) is 0 Å². The van der Waals surface area contributed by atoms with Crippen LogP contribution >= 0.6 is 23.2 Å². The van der Waals surface area contributed by atoms with Crippen molar-refractivity contribution < 1.29 is 5.11 Å². The molecule has 0 unspecified atom stereocenters. The zero-order chi connectivity index (χ0) is 11.3. The average Bonchev–Trinajstić information content (AvgIpc) is 2.17. The molecule has 1 aromatic carbocycles. The lowest BCUT2D eigenvalue weighted by Crippen LogP contribution is -2.24. The molecular weight excluding hydrogens is 233 g/mol. The monoisotopic (exact) mass is 247 g/mol. The molecule has 0 aliphatic carbocycles. The van der Waals surface area contributed by atoms with Crippen molar-refractivity contribution in [1.29, 1.82) is 0 Å². The molecule has 2 nitrogen and oxygen atoms in total. The molecule has 1 aromatic rings. The third-order valence-corrected chi connectivity index (χ3v) is 2.85. The maximum absolute atomic E-state index is 8.74. The third kappa shape index (κ3) is 4.39. The van der Waals surface area contributed by atoms with E-state index < -0.39 is 0 Å². The van der Waals surface area contributed by atoms with Gasteiger partial charge in [0.1, 0.15) is 0 Å². The van der Waals surface area contributed by atoms with Gasteiger partial charge in [-0.2, -0.15) is 0 Å². The number of benzene rings is 1. The number of likely N-dealkylation sites (N-methyl/N-ethyl adjacent to an activating group) is 1. The Kier molecular flexibility index (Phi) is 5.40. The zero-order valence-corrected chi connectivity index (χ0v) is 10.2. The van der Waals surface area contributed by atoms with E-state index in [-0.39, 0.29) is 6.61 Å². The topological polar surface area (TPSA) is 23.5 Å². The van der Waals surface area contributed by atoms with Gasteiger partial charge in [-0.15, -0.1) is 0 Å². The number of nitrogens with zero attached hydrogens (tertiary/aromatic N) is 1. The van der Waals surface area contributed by atoms with Crippen LogP contribution in [-0.2, 0) is 6.42 Å².